The van der Waals surface area contributed by atoms with Gasteiger partial charge in [0.25, 0.3) is 0 Å². The van der Waals surface area contributed by atoms with Crippen LogP contribution in [-0.4, -0.2) is 15.8 Å². The van der Waals surface area contributed by atoms with Crippen molar-refractivity contribution in [3.05, 3.63) is 18.0 Å². The number of aromatic nitrogens is 2. The molecule has 2 unspecified atom stereocenters. The fourth-order valence-corrected chi connectivity index (χ4v) is 1.48. The summed E-state index contributed by atoms with van der Waals surface area (Å²) in [5, 5.41) is 7.48. The first kappa shape index (κ1) is 10.8. The normalized spacial score (nSPS) is 14.7. The standard InChI is InChI=1S/C11H17N3/c1-5-10(6-2)13-9(3)11-7-8-12-14(11)4/h1,7-10,13H,6H2,2-4H3. The Balaban J connectivity index is 2.63. The summed E-state index contributed by atoms with van der Waals surface area (Å²) in [6.45, 7) is 4.17. The minimum absolute atomic E-state index is 0.139. The lowest BCUT2D eigenvalue weighted by molar-refractivity contribution is 0.484. The maximum atomic E-state index is 5.39. The number of nitrogens with zero attached hydrogens (tertiary/aromatic N) is 2. The van der Waals surface area contributed by atoms with Crippen LogP contribution < -0.4 is 5.32 Å². The minimum atomic E-state index is 0.139. The van der Waals surface area contributed by atoms with Crippen molar-refractivity contribution in [3.8, 4) is 12.3 Å². The van der Waals surface area contributed by atoms with Crippen molar-refractivity contribution in [2.45, 2.75) is 32.4 Å². The average Bonchev–Trinajstić information content (AvgIpc) is 2.60. The molecule has 0 aliphatic carbocycles. The van der Waals surface area contributed by atoms with Crippen molar-refractivity contribution >= 4 is 0 Å². The zero-order valence-corrected chi connectivity index (χ0v) is 8.99. The van der Waals surface area contributed by atoms with Crippen molar-refractivity contribution < 1.29 is 0 Å². The second-order valence-electron chi connectivity index (χ2n) is 3.40. The number of hydrogen-bond acceptors (Lipinski definition) is 2. The topological polar surface area (TPSA) is 29.9 Å². The lowest BCUT2D eigenvalue weighted by Crippen LogP contribution is -2.30. The number of aryl methyl sites for hydroxylation is 1. The van der Waals surface area contributed by atoms with Crippen LogP contribution in [0.4, 0.5) is 0 Å². The summed E-state index contributed by atoms with van der Waals surface area (Å²) >= 11 is 0. The van der Waals surface area contributed by atoms with Gasteiger partial charge in [0.1, 0.15) is 0 Å². The van der Waals surface area contributed by atoms with E-state index in [2.05, 4.69) is 30.2 Å². The third kappa shape index (κ3) is 2.36. The highest BCUT2D eigenvalue weighted by Gasteiger charge is 2.11. The molecular weight excluding hydrogens is 174 g/mol. The van der Waals surface area contributed by atoms with Gasteiger partial charge in [-0.25, -0.2) is 0 Å². The molecule has 1 aromatic heterocycles. The van der Waals surface area contributed by atoms with Crippen LogP contribution in [-0.2, 0) is 7.05 Å². The Morgan fingerprint density at radius 2 is 2.43 bits per heavy atom. The van der Waals surface area contributed by atoms with E-state index < -0.39 is 0 Å². The van der Waals surface area contributed by atoms with Gasteiger partial charge in [-0.2, -0.15) is 5.10 Å². The van der Waals surface area contributed by atoms with Crippen molar-refractivity contribution in [1.82, 2.24) is 15.1 Å². The van der Waals surface area contributed by atoms with Crippen LogP contribution in [0, 0.1) is 12.3 Å². The Bertz CT molecular complexity index is 322. The third-order valence-corrected chi connectivity index (χ3v) is 2.36. The van der Waals surface area contributed by atoms with E-state index in [4.69, 9.17) is 6.42 Å². The van der Waals surface area contributed by atoms with E-state index in [1.54, 1.807) is 6.20 Å². The van der Waals surface area contributed by atoms with Crippen LogP contribution in [0.3, 0.4) is 0 Å². The molecule has 0 amide bonds. The fraction of sp³-hybridized carbons (Fsp3) is 0.545. The van der Waals surface area contributed by atoms with Crippen LogP contribution in [0.5, 0.6) is 0 Å². The van der Waals surface area contributed by atoms with E-state index in [1.165, 1.54) is 0 Å². The smallest absolute Gasteiger partial charge is 0.0689 e. The van der Waals surface area contributed by atoms with Crippen LogP contribution in [0.2, 0.25) is 0 Å². The number of rotatable bonds is 4. The van der Waals surface area contributed by atoms with E-state index in [0.717, 1.165) is 12.1 Å². The molecule has 0 fully saturated rings. The second kappa shape index (κ2) is 4.83. The van der Waals surface area contributed by atoms with Gasteiger partial charge in [-0.05, 0) is 19.4 Å². The molecule has 1 heterocycles. The first-order chi connectivity index (χ1) is 6.69. The number of terminal acetylenes is 1. The summed E-state index contributed by atoms with van der Waals surface area (Å²) in [6.07, 6.45) is 8.13. The summed E-state index contributed by atoms with van der Waals surface area (Å²) in [6, 6.07) is 2.38. The van der Waals surface area contributed by atoms with Gasteiger partial charge >= 0.3 is 0 Å². The molecule has 2 atom stereocenters. The molecule has 0 bridgehead atoms. The van der Waals surface area contributed by atoms with Crippen molar-refractivity contribution in [2.75, 3.05) is 0 Å². The molecule has 0 saturated heterocycles. The second-order valence-corrected chi connectivity index (χ2v) is 3.40. The first-order valence-corrected chi connectivity index (χ1v) is 4.89. The Morgan fingerprint density at radius 1 is 1.71 bits per heavy atom. The van der Waals surface area contributed by atoms with Gasteiger partial charge in [-0.1, -0.05) is 12.8 Å². The van der Waals surface area contributed by atoms with Gasteiger partial charge in [-0.15, -0.1) is 6.42 Å². The fourth-order valence-electron chi connectivity index (χ4n) is 1.48. The average molecular weight is 191 g/mol. The van der Waals surface area contributed by atoms with Gasteiger partial charge in [0.05, 0.1) is 11.7 Å². The molecule has 1 N–H and O–H groups in total. The molecule has 3 nitrogen and oxygen atoms in total. The Hall–Kier alpha value is -1.27. The highest BCUT2D eigenvalue weighted by Crippen LogP contribution is 2.11. The zero-order valence-electron chi connectivity index (χ0n) is 8.99. The molecule has 0 saturated carbocycles. The number of hydrogen-bond donors (Lipinski definition) is 1. The molecule has 0 radical (unpaired) electrons. The number of nitrogens with one attached hydrogen (secondary N) is 1. The molecular formula is C11H17N3. The molecule has 0 aliphatic rings. The van der Waals surface area contributed by atoms with Crippen molar-refractivity contribution in [1.29, 1.82) is 0 Å². The molecule has 1 aromatic rings. The highest BCUT2D eigenvalue weighted by molar-refractivity contribution is 5.08. The summed E-state index contributed by atoms with van der Waals surface area (Å²) in [5.41, 5.74) is 1.15. The molecule has 3 heteroatoms. The predicted octanol–water partition coefficient (Wildman–Crippen LogP) is 1.48. The van der Waals surface area contributed by atoms with E-state index in [1.807, 2.05) is 17.8 Å². The predicted molar refractivity (Wildman–Crippen MR) is 57.7 cm³/mol. The largest absolute Gasteiger partial charge is 0.296 e. The minimum Gasteiger partial charge on any atom is -0.296 e. The third-order valence-electron chi connectivity index (χ3n) is 2.36. The summed E-state index contributed by atoms with van der Waals surface area (Å²) in [4.78, 5) is 0. The van der Waals surface area contributed by atoms with Crippen LogP contribution in [0.25, 0.3) is 0 Å². The first-order valence-electron chi connectivity index (χ1n) is 4.89. The lowest BCUT2D eigenvalue weighted by Gasteiger charge is -2.18. The molecule has 0 aromatic carbocycles. The van der Waals surface area contributed by atoms with Crippen LogP contribution in [0.15, 0.2) is 12.3 Å². The zero-order chi connectivity index (χ0) is 10.6. The molecule has 76 valence electrons. The van der Waals surface area contributed by atoms with E-state index in [9.17, 15) is 0 Å². The van der Waals surface area contributed by atoms with E-state index >= 15 is 0 Å². The Morgan fingerprint density at radius 3 is 2.86 bits per heavy atom. The molecule has 1 rings (SSSR count). The molecule has 14 heavy (non-hydrogen) atoms. The molecule has 0 spiro atoms. The van der Waals surface area contributed by atoms with Gasteiger partial charge in [0.2, 0.25) is 0 Å². The Labute approximate surface area is 85.5 Å². The van der Waals surface area contributed by atoms with E-state index in [-0.39, 0.29) is 12.1 Å². The SMILES string of the molecule is C#CC(CC)NC(C)c1ccnn1C. The summed E-state index contributed by atoms with van der Waals surface area (Å²) in [7, 11) is 1.93. The summed E-state index contributed by atoms with van der Waals surface area (Å²) < 4.78 is 1.86. The van der Waals surface area contributed by atoms with Crippen molar-refractivity contribution in [2.24, 2.45) is 7.05 Å². The Kier molecular flexibility index (Phi) is 3.73. The van der Waals surface area contributed by atoms with Crippen molar-refractivity contribution in [3.63, 3.8) is 0 Å². The quantitative estimate of drug-likeness (QED) is 0.731. The lowest BCUT2D eigenvalue weighted by atomic mass is 10.1. The van der Waals surface area contributed by atoms with Gasteiger partial charge in [0.15, 0.2) is 0 Å². The van der Waals surface area contributed by atoms with Gasteiger partial charge < -0.3 is 0 Å². The van der Waals surface area contributed by atoms with Gasteiger partial charge in [-0.3, -0.25) is 10.00 Å². The summed E-state index contributed by atoms with van der Waals surface area (Å²) in [5.74, 6) is 2.72. The molecule has 0 aliphatic heterocycles. The van der Waals surface area contributed by atoms with Crippen LogP contribution in [0.1, 0.15) is 32.0 Å². The van der Waals surface area contributed by atoms with Crippen LogP contribution >= 0.6 is 0 Å². The van der Waals surface area contributed by atoms with E-state index in [0.29, 0.717) is 0 Å². The highest BCUT2D eigenvalue weighted by atomic mass is 15.3. The maximum absolute atomic E-state index is 5.39. The monoisotopic (exact) mass is 191 g/mol. The van der Waals surface area contributed by atoms with Gasteiger partial charge in [0, 0.05) is 19.3 Å². The maximum Gasteiger partial charge on any atom is 0.0689 e.